The summed E-state index contributed by atoms with van der Waals surface area (Å²) < 4.78 is 10.2. The number of rotatable bonds is 10. The van der Waals surface area contributed by atoms with Gasteiger partial charge in [-0.2, -0.15) is 5.21 Å². The largest absolute Gasteiger partial charge is 0.383 e. The number of methoxy groups -OCH3 is 1. The molecule has 0 spiro atoms. The summed E-state index contributed by atoms with van der Waals surface area (Å²) in [5, 5.41) is 14.5. The molecule has 0 saturated carbocycles. The van der Waals surface area contributed by atoms with Crippen LogP contribution in [-0.2, 0) is 30.8 Å². The van der Waals surface area contributed by atoms with Crippen molar-refractivity contribution in [2.75, 3.05) is 13.7 Å². The highest BCUT2D eigenvalue weighted by atomic mass is 16.5. The standard InChI is InChI=1S/C31H38N8O3/c1-20(2)18-39-29(40)26-28(37(30(39)41)15-16-42-6)32-25(17-31(3,4)5)38(26)19-21-11-13-22(14-12-21)23-9-7-8-10-24(23)27-33-35-36-34-27/h7-14,20H,15-19H2,1-6H3,(H,33,34,35,36). The molecule has 0 fully saturated rings. The van der Waals surface area contributed by atoms with Crippen molar-refractivity contribution in [1.82, 2.24) is 39.3 Å². The third-order valence-electron chi connectivity index (χ3n) is 7.07. The van der Waals surface area contributed by atoms with Gasteiger partial charge in [0.05, 0.1) is 13.2 Å². The van der Waals surface area contributed by atoms with Gasteiger partial charge in [0.1, 0.15) is 5.82 Å². The van der Waals surface area contributed by atoms with Crippen LogP contribution in [0.4, 0.5) is 0 Å². The van der Waals surface area contributed by atoms with Crippen molar-refractivity contribution in [2.45, 2.75) is 60.7 Å². The summed E-state index contributed by atoms with van der Waals surface area (Å²) in [7, 11) is 1.60. The molecule has 5 aromatic rings. The van der Waals surface area contributed by atoms with Gasteiger partial charge >= 0.3 is 5.69 Å². The zero-order chi connectivity index (χ0) is 30.0. The number of imidazole rings is 1. The average molecular weight is 571 g/mol. The van der Waals surface area contributed by atoms with Crippen molar-refractivity contribution in [1.29, 1.82) is 0 Å². The van der Waals surface area contributed by atoms with Gasteiger partial charge in [-0.05, 0) is 33.2 Å². The van der Waals surface area contributed by atoms with Crippen LogP contribution >= 0.6 is 0 Å². The first-order valence-corrected chi connectivity index (χ1v) is 14.2. The van der Waals surface area contributed by atoms with E-state index in [0.29, 0.717) is 49.7 Å². The van der Waals surface area contributed by atoms with E-state index >= 15 is 0 Å². The first-order chi connectivity index (χ1) is 20.1. The minimum Gasteiger partial charge on any atom is -0.383 e. The van der Waals surface area contributed by atoms with Gasteiger partial charge in [0, 0.05) is 32.2 Å². The molecule has 0 unspecified atom stereocenters. The lowest BCUT2D eigenvalue weighted by molar-refractivity contribution is 0.186. The number of hydrogen-bond donors (Lipinski definition) is 1. The van der Waals surface area contributed by atoms with Gasteiger partial charge in [0.2, 0.25) is 5.82 Å². The molecule has 42 heavy (non-hydrogen) atoms. The molecule has 5 rings (SSSR count). The molecule has 0 aliphatic carbocycles. The van der Waals surface area contributed by atoms with Crippen molar-refractivity contribution >= 4 is 11.2 Å². The molecule has 0 bridgehead atoms. The number of fused-ring (bicyclic) bond motifs is 1. The smallest absolute Gasteiger partial charge is 0.332 e. The summed E-state index contributed by atoms with van der Waals surface area (Å²) in [4.78, 5) is 32.4. The maximum absolute atomic E-state index is 13.9. The van der Waals surface area contributed by atoms with Crippen molar-refractivity contribution < 1.29 is 4.74 Å². The molecular weight excluding hydrogens is 532 g/mol. The van der Waals surface area contributed by atoms with Crippen molar-refractivity contribution in [2.24, 2.45) is 11.3 Å². The molecule has 0 saturated heterocycles. The highest BCUT2D eigenvalue weighted by Crippen LogP contribution is 2.30. The van der Waals surface area contributed by atoms with E-state index in [-0.39, 0.29) is 22.6 Å². The van der Waals surface area contributed by atoms with E-state index in [4.69, 9.17) is 9.72 Å². The highest BCUT2D eigenvalue weighted by Gasteiger charge is 2.25. The van der Waals surface area contributed by atoms with E-state index in [9.17, 15) is 9.59 Å². The third kappa shape index (κ3) is 5.96. The van der Waals surface area contributed by atoms with Gasteiger partial charge < -0.3 is 9.30 Å². The van der Waals surface area contributed by atoms with Crippen LogP contribution in [0.1, 0.15) is 46.0 Å². The molecule has 3 aromatic heterocycles. The van der Waals surface area contributed by atoms with Gasteiger partial charge in [-0.15, -0.1) is 10.2 Å². The monoisotopic (exact) mass is 570 g/mol. The van der Waals surface area contributed by atoms with Crippen LogP contribution in [0, 0.1) is 11.3 Å². The van der Waals surface area contributed by atoms with E-state index in [1.165, 1.54) is 4.57 Å². The Hall–Kier alpha value is -4.38. The van der Waals surface area contributed by atoms with Crippen LogP contribution in [0.15, 0.2) is 58.1 Å². The van der Waals surface area contributed by atoms with E-state index in [0.717, 1.165) is 28.1 Å². The van der Waals surface area contributed by atoms with Crippen molar-refractivity contribution in [3.8, 4) is 22.5 Å². The van der Waals surface area contributed by atoms with Gasteiger partial charge in [-0.1, -0.05) is 83.1 Å². The Labute approximate surface area is 244 Å². The summed E-state index contributed by atoms with van der Waals surface area (Å²) in [6.45, 7) is 11.8. The molecule has 0 atom stereocenters. The fraction of sp³-hybridized carbons (Fsp3) is 0.419. The van der Waals surface area contributed by atoms with Crippen LogP contribution < -0.4 is 11.2 Å². The normalized spacial score (nSPS) is 12.1. The Morgan fingerprint density at radius 1 is 0.952 bits per heavy atom. The van der Waals surface area contributed by atoms with Crippen LogP contribution in [-0.4, -0.2) is 53.0 Å². The minimum atomic E-state index is -0.352. The first-order valence-electron chi connectivity index (χ1n) is 14.2. The molecule has 3 heterocycles. The molecule has 1 N–H and O–H groups in total. The predicted octanol–water partition coefficient (Wildman–Crippen LogP) is 4.15. The second kappa shape index (κ2) is 11.8. The maximum Gasteiger partial charge on any atom is 0.332 e. The summed E-state index contributed by atoms with van der Waals surface area (Å²) in [5.41, 5.74) is 4.00. The van der Waals surface area contributed by atoms with Crippen molar-refractivity contribution in [3.05, 3.63) is 80.8 Å². The Balaban J connectivity index is 1.62. The number of hydrogen-bond acceptors (Lipinski definition) is 7. The fourth-order valence-corrected chi connectivity index (χ4v) is 5.20. The van der Waals surface area contributed by atoms with E-state index in [1.807, 2.05) is 42.7 Å². The number of benzene rings is 2. The number of tetrazole rings is 1. The summed E-state index contributed by atoms with van der Waals surface area (Å²) >= 11 is 0. The number of aromatic amines is 1. The number of nitrogens with zero attached hydrogens (tertiary/aromatic N) is 7. The average Bonchev–Trinajstić information content (AvgIpc) is 3.60. The zero-order valence-electron chi connectivity index (χ0n) is 25.1. The van der Waals surface area contributed by atoms with Gasteiger partial charge in [-0.25, -0.2) is 9.78 Å². The summed E-state index contributed by atoms with van der Waals surface area (Å²) in [6.07, 6.45) is 0.639. The van der Waals surface area contributed by atoms with E-state index in [1.54, 1.807) is 11.7 Å². The van der Waals surface area contributed by atoms with Crippen LogP contribution in [0.2, 0.25) is 0 Å². The molecule has 220 valence electrons. The van der Waals surface area contributed by atoms with Crippen LogP contribution in [0.25, 0.3) is 33.7 Å². The molecule has 11 heteroatoms. The van der Waals surface area contributed by atoms with E-state index < -0.39 is 0 Å². The summed E-state index contributed by atoms with van der Waals surface area (Å²) in [6, 6.07) is 16.2. The number of H-pyrrole nitrogens is 1. The second-order valence-electron chi connectivity index (χ2n) is 12.2. The lowest BCUT2D eigenvalue weighted by Crippen LogP contribution is -2.42. The topological polar surface area (TPSA) is 126 Å². The molecular formula is C31H38N8O3. The van der Waals surface area contributed by atoms with E-state index in [2.05, 4.69) is 65.7 Å². The molecule has 0 radical (unpaired) electrons. The highest BCUT2D eigenvalue weighted by molar-refractivity contribution is 5.80. The van der Waals surface area contributed by atoms with Crippen molar-refractivity contribution in [3.63, 3.8) is 0 Å². The Morgan fingerprint density at radius 2 is 1.67 bits per heavy atom. The van der Waals surface area contributed by atoms with Gasteiger partial charge in [0.15, 0.2) is 11.2 Å². The maximum atomic E-state index is 13.9. The predicted molar refractivity (Wildman–Crippen MR) is 162 cm³/mol. The Kier molecular flexibility index (Phi) is 8.22. The molecule has 2 aromatic carbocycles. The number of ether oxygens (including phenoxy) is 1. The van der Waals surface area contributed by atoms with Gasteiger partial charge in [-0.3, -0.25) is 13.9 Å². The van der Waals surface area contributed by atoms with Gasteiger partial charge in [0.25, 0.3) is 5.56 Å². The molecule has 0 aliphatic rings. The third-order valence-corrected chi connectivity index (χ3v) is 7.07. The Morgan fingerprint density at radius 3 is 2.29 bits per heavy atom. The lowest BCUT2D eigenvalue weighted by Gasteiger charge is -2.19. The molecule has 0 amide bonds. The quantitative estimate of drug-likeness (QED) is 0.267. The lowest BCUT2D eigenvalue weighted by atomic mass is 9.92. The number of aromatic nitrogens is 8. The first kappa shape index (κ1) is 29.1. The summed E-state index contributed by atoms with van der Waals surface area (Å²) in [5.74, 6) is 1.43. The van der Waals surface area contributed by atoms with Crippen LogP contribution in [0.5, 0.6) is 0 Å². The second-order valence-corrected chi connectivity index (χ2v) is 12.2. The Bertz CT molecular complexity index is 1790. The number of nitrogens with one attached hydrogen (secondary N) is 1. The minimum absolute atomic E-state index is 0.0868. The molecule has 0 aliphatic heterocycles. The molecule has 11 nitrogen and oxygen atoms in total. The zero-order valence-corrected chi connectivity index (χ0v) is 25.1. The fourth-order valence-electron chi connectivity index (χ4n) is 5.20. The SMILES string of the molecule is COCCn1c(=O)n(CC(C)C)c(=O)c2c1nc(CC(C)(C)C)n2Cc1ccc(-c2ccccc2-c2nn[nH]n2)cc1. The van der Waals surface area contributed by atoms with Crippen LogP contribution in [0.3, 0.4) is 0 Å².